The molecule has 1 aliphatic rings. The number of aliphatic hydroxyl groups is 5. The van der Waals surface area contributed by atoms with Crippen LogP contribution in [-0.2, 0) is 14.3 Å². The molecule has 1 fully saturated rings. The van der Waals surface area contributed by atoms with E-state index in [0.717, 1.165) is 89.9 Å². The molecule has 0 aromatic heterocycles. The van der Waals surface area contributed by atoms with Crippen LogP contribution < -0.4 is 5.32 Å². The van der Waals surface area contributed by atoms with Gasteiger partial charge in [0.1, 0.15) is 24.4 Å². The predicted molar refractivity (Wildman–Crippen MR) is 331 cm³/mol. The van der Waals surface area contributed by atoms with Gasteiger partial charge in [-0.2, -0.15) is 0 Å². The zero-order valence-corrected chi connectivity index (χ0v) is 49.6. The Bertz CT molecular complexity index is 1640. The van der Waals surface area contributed by atoms with Gasteiger partial charge in [0.15, 0.2) is 6.29 Å². The summed E-state index contributed by atoms with van der Waals surface area (Å²) in [5.41, 5.74) is 0. The first-order valence-electron chi connectivity index (χ1n) is 31.8. The number of aliphatic hydroxyl groups excluding tert-OH is 5. The van der Waals surface area contributed by atoms with Gasteiger partial charge in [0.05, 0.1) is 25.4 Å². The Morgan fingerprint density at radius 2 is 0.808 bits per heavy atom. The van der Waals surface area contributed by atoms with Crippen LogP contribution in [0.2, 0.25) is 0 Å². The highest BCUT2D eigenvalue weighted by molar-refractivity contribution is 5.76. The molecule has 1 aliphatic heterocycles. The second-order valence-electron chi connectivity index (χ2n) is 21.4. The minimum absolute atomic E-state index is 0.226. The maximum absolute atomic E-state index is 13.1. The maximum atomic E-state index is 13.1. The van der Waals surface area contributed by atoms with Crippen LogP contribution in [0.3, 0.4) is 0 Å². The lowest BCUT2D eigenvalue weighted by Crippen LogP contribution is -2.60. The van der Waals surface area contributed by atoms with E-state index in [0.29, 0.717) is 12.8 Å². The minimum atomic E-state index is -1.59. The highest BCUT2D eigenvalue weighted by Crippen LogP contribution is 2.23. The molecule has 0 saturated carbocycles. The number of nitrogens with one attached hydrogen (secondary N) is 1. The number of ether oxygens (including phenoxy) is 2. The lowest BCUT2D eigenvalue weighted by Gasteiger charge is -2.40. The molecule has 1 amide bonds. The molecule has 1 rings (SSSR count). The molecule has 446 valence electrons. The molecule has 1 heterocycles. The van der Waals surface area contributed by atoms with Crippen molar-refractivity contribution in [2.75, 3.05) is 13.2 Å². The second kappa shape index (κ2) is 56.8. The Morgan fingerprint density at radius 3 is 1.23 bits per heavy atom. The van der Waals surface area contributed by atoms with Gasteiger partial charge < -0.3 is 40.3 Å². The van der Waals surface area contributed by atoms with Gasteiger partial charge >= 0.3 is 0 Å². The first-order chi connectivity index (χ1) is 38.3. The smallest absolute Gasteiger partial charge is 0.220 e. The second-order valence-corrected chi connectivity index (χ2v) is 21.4. The molecule has 0 radical (unpaired) electrons. The van der Waals surface area contributed by atoms with Gasteiger partial charge in [-0.25, -0.2) is 0 Å². The largest absolute Gasteiger partial charge is 0.394 e. The van der Waals surface area contributed by atoms with Crippen LogP contribution in [0.5, 0.6) is 0 Å². The fourth-order valence-electron chi connectivity index (χ4n) is 9.29. The Labute approximate surface area is 478 Å². The Hall–Kier alpha value is -3.41. The van der Waals surface area contributed by atoms with E-state index in [1.54, 1.807) is 6.08 Å². The molecule has 0 bridgehead atoms. The number of carbonyl (C=O) groups is 1. The van der Waals surface area contributed by atoms with E-state index < -0.39 is 49.5 Å². The van der Waals surface area contributed by atoms with E-state index in [1.807, 2.05) is 6.08 Å². The fourth-order valence-corrected chi connectivity index (χ4v) is 9.29. The number of rotatable bonds is 53. The van der Waals surface area contributed by atoms with Crippen molar-refractivity contribution in [2.45, 2.75) is 294 Å². The maximum Gasteiger partial charge on any atom is 0.220 e. The number of hydrogen-bond donors (Lipinski definition) is 6. The number of allylic oxidation sites excluding steroid dienone is 19. The highest BCUT2D eigenvalue weighted by atomic mass is 16.7. The standard InChI is InChI=1S/C69H117NO8/c1-3-5-7-9-11-13-15-17-19-21-23-25-27-29-30-31-32-33-35-36-38-40-42-44-46-48-50-52-54-56-58-63(72)62(61-77-69-68(76)67(75)66(74)64(60-71)78-69)70-65(73)59-57-55-53-51-49-47-45-43-41-39-37-34-28-26-24-22-20-18-16-14-12-10-8-6-4-2/h6,8,12,14,18,20,24,26,34,37,40-43,47-50,56,58,62-64,66-69,71-72,74-76H,3-5,7,9-11,13,15-17,19,21-23,25,27-33,35-36,38-39,44-46,51-55,57,59-61H2,1-2H3,(H,70,73)/b8-6-,14-12-,20-18-,26-24-,37-34-,42-40+,43-41-,49-47-,50-48+,58-56+. The Balaban J connectivity index is 2.27. The van der Waals surface area contributed by atoms with Crippen LogP contribution in [0.1, 0.15) is 251 Å². The van der Waals surface area contributed by atoms with E-state index >= 15 is 0 Å². The van der Waals surface area contributed by atoms with Crippen LogP contribution in [0.4, 0.5) is 0 Å². The van der Waals surface area contributed by atoms with E-state index in [1.165, 1.54) is 128 Å². The predicted octanol–water partition coefficient (Wildman–Crippen LogP) is 16.7. The zero-order valence-electron chi connectivity index (χ0n) is 49.6. The zero-order chi connectivity index (χ0) is 56.5. The fraction of sp³-hybridized carbons (Fsp3) is 0.696. The minimum Gasteiger partial charge on any atom is -0.394 e. The van der Waals surface area contributed by atoms with Crippen molar-refractivity contribution in [2.24, 2.45) is 0 Å². The number of carbonyl (C=O) groups excluding carboxylic acids is 1. The van der Waals surface area contributed by atoms with Gasteiger partial charge in [0, 0.05) is 6.42 Å². The van der Waals surface area contributed by atoms with Crippen LogP contribution in [0.15, 0.2) is 122 Å². The van der Waals surface area contributed by atoms with Gasteiger partial charge in [-0.1, -0.05) is 264 Å². The summed E-state index contributed by atoms with van der Waals surface area (Å²) in [5.74, 6) is -0.226. The summed E-state index contributed by atoms with van der Waals surface area (Å²) >= 11 is 0. The summed E-state index contributed by atoms with van der Waals surface area (Å²) < 4.78 is 11.3. The molecular weight excluding hydrogens is 971 g/mol. The van der Waals surface area contributed by atoms with Gasteiger partial charge in [-0.3, -0.25) is 4.79 Å². The van der Waals surface area contributed by atoms with E-state index in [2.05, 4.69) is 129 Å². The molecule has 6 N–H and O–H groups in total. The molecule has 0 spiro atoms. The quantitative estimate of drug-likeness (QED) is 0.0261. The van der Waals surface area contributed by atoms with Gasteiger partial charge in [0.25, 0.3) is 0 Å². The van der Waals surface area contributed by atoms with Crippen molar-refractivity contribution >= 4 is 5.91 Å². The highest BCUT2D eigenvalue weighted by Gasteiger charge is 2.44. The van der Waals surface area contributed by atoms with Crippen LogP contribution >= 0.6 is 0 Å². The monoisotopic (exact) mass is 1090 g/mol. The number of hydrogen-bond acceptors (Lipinski definition) is 8. The molecular formula is C69H117NO8. The molecule has 0 aliphatic carbocycles. The molecule has 9 heteroatoms. The summed E-state index contributed by atoms with van der Waals surface area (Å²) in [6, 6.07) is -0.857. The molecule has 7 unspecified atom stereocenters. The third-order valence-corrected chi connectivity index (χ3v) is 14.2. The molecule has 0 aromatic rings. The summed E-state index contributed by atoms with van der Waals surface area (Å²) in [7, 11) is 0. The summed E-state index contributed by atoms with van der Waals surface area (Å²) in [5, 5.41) is 54.6. The van der Waals surface area contributed by atoms with Crippen LogP contribution in [-0.4, -0.2) is 87.5 Å². The van der Waals surface area contributed by atoms with Gasteiger partial charge in [-0.05, 0) is 103 Å². The van der Waals surface area contributed by atoms with Crippen molar-refractivity contribution in [3.05, 3.63) is 122 Å². The van der Waals surface area contributed by atoms with Crippen molar-refractivity contribution in [3.8, 4) is 0 Å². The molecule has 0 aromatic carbocycles. The van der Waals surface area contributed by atoms with Crippen LogP contribution in [0, 0.1) is 0 Å². The average Bonchev–Trinajstić information content (AvgIpc) is 3.45. The topological polar surface area (TPSA) is 149 Å². The van der Waals surface area contributed by atoms with Gasteiger partial charge in [-0.15, -0.1) is 0 Å². The average molecular weight is 1090 g/mol. The number of amides is 1. The van der Waals surface area contributed by atoms with Crippen molar-refractivity contribution < 1.29 is 39.8 Å². The molecule has 78 heavy (non-hydrogen) atoms. The molecule has 1 saturated heterocycles. The van der Waals surface area contributed by atoms with E-state index in [-0.39, 0.29) is 18.9 Å². The lowest BCUT2D eigenvalue weighted by molar-refractivity contribution is -0.302. The third-order valence-electron chi connectivity index (χ3n) is 14.2. The van der Waals surface area contributed by atoms with Gasteiger partial charge in [0.2, 0.25) is 5.91 Å². The van der Waals surface area contributed by atoms with Crippen molar-refractivity contribution in [3.63, 3.8) is 0 Å². The molecule has 7 atom stereocenters. The summed E-state index contributed by atoms with van der Waals surface area (Å²) in [6.07, 6.45) is 78.6. The lowest BCUT2D eigenvalue weighted by atomic mass is 9.99. The summed E-state index contributed by atoms with van der Waals surface area (Å²) in [6.45, 7) is 3.63. The Morgan fingerprint density at radius 1 is 0.449 bits per heavy atom. The third kappa shape index (κ3) is 45.3. The number of unbranched alkanes of at least 4 members (excludes halogenated alkanes) is 25. The van der Waals surface area contributed by atoms with Crippen molar-refractivity contribution in [1.82, 2.24) is 5.32 Å². The Kier molecular flexibility index (Phi) is 52.9. The van der Waals surface area contributed by atoms with E-state index in [9.17, 15) is 30.3 Å². The first kappa shape index (κ1) is 72.6. The van der Waals surface area contributed by atoms with Crippen LogP contribution in [0.25, 0.3) is 0 Å². The first-order valence-corrected chi connectivity index (χ1v) is 31.8. The SMILES string of the molecule is CC/C=C\C/C=C\C/C=C\C/C=C\C/C=C\C/C=C\C/C=C\CCCCCC(=O)NC(COC1OC(CO)C(O)C(O)C1O)C(O)/C=C/CC/C=C/CC/C=C/CCCCCCCCCCCCCCCCCCCCCC. The summed E-state index contributed by atoms with van der Waals surface area (Å²) in [4.78, 5) is 13.1. The molecule has 9 nitrogen and oxygen atoms in total. The van der Waals surface area contributed by atoms with Crippen molar-refractivity contribution in [1.29, 1.82) is 0 Å². The van der Waals surface area contributed by atoms with E-state index in [4.69, 9.17) is 9.47 Å². The normalized spacial score (nSPS) is 19.5.